The van der Waals surface area contributed by atoms with E-state index in [0.717, 1.165) is 11.3 Å². The van der Waals surface area contributed by atoms with Crippen molar-refractivity contribution < 1.29 is 9.47 Å². The lowest BCUT2D eigenvalue weighted by molar-refractivity contribution is 0.293. The molecule has 0 amide bonds. The highest BCUT2D eigenvalue weighted by Gasteiger charge is 2.00. The van der Waals surface area contributed by atoms with Gasteiger partial charge >= 0.3 is 0 Å². The fourth-order valence-corrected chi connectivity index (χ4v) is 1.48. The minimum absolute atomic E-state index is 0.346. The summed E-state index contributed by atoms with van der Waals surface area (Å²) >= 11 is 0. The van der Waals surface area contributed by atoms with E-state index in [1.54, 1.807) is 25.3 Å². The molecule has 18 heavy (non-hydrogen) atoms. The fourth-order valence-electron chi connectivity index (χ4n) is 1.48. The molecule has 1 aromatic heterocycles. The Morgan fingerprint density at radius 1 is 1.22 bits per heavy atom. The van der Waals surface area contributed by atoms with Crippen LogP contribution in [0.15, 0.2) is 42.5 Å². The molecule has 0 aliphatic heterocycles. The fraction of sp³-hybridized carbons (Fsp3) is 0.143. The number of methoxy groups -OCH3 is 1. The van der Waals surface area contributed by atoms with Crippen molar-refractivity contribution >= 4 is 0 Å². The standard InChI is InChI=1S/C14H12N2O2/c1-17-13-6-2-4-11(8-13)10-18-14-7-3-5-12(9-15)16-14/h2-8H,10H2,1H3. The lowest BCUT2D eigenvalue weighted by Crippen LogP contribution is -1.98. The van der Waals surface area contributed by atoms with Gasteiger partial charge in [0.2, 0.25) is 5.88 Å². The van der Waals surface area contributed by atoms with E-state index in [0.29, 0.717) is 18.2 Å². The Hall–Kier alpha value is -2.54. The molecule has 0 atom stereocenters. The van der Waals surface area contributed by atoms with Gasteiger partial charge in [-0.05, 0) is 23.8 Å². The van der Waals surface area contributed by atoms with Gasteiger partial charge in [-0.25, -0.2) is 4.98 Å². The van der Waals surface area contributed by atoms with Gasteiger partial charge in [-0.3, -0.25) is 0 Å². The molecule has 0 N–H and O–H groups in total. The minimum Gasteiger partial charge on any atom is -0.497 e. The maximum atomic E-state index is 8.73. The van der Waals surface area contributed by atoms with E-state index in [1.165, 1.54) is 0 Å². The van der Waals surface area contributed by atoms with E-state index < -0.39 is 0 Å². The topological polar surface area (TPSA) is 55.1 Å². The second-order valence-electron chi connectivity index (χ2n) is 3.61. The Kier molecular flexibility index (Phi) is 3.77. The van der Waals surface area contributed by atoms with Gasteiger partial charge in [0.05, 0.1) is 7.11 Å². The summed E-state index contributed by atoms with van der Waals surface area (Å²) in [5.41, 5.74) is 1.33. The first-order valence-corrected chi connectivity index (χ1v) is 5.44. The van der Waals surface area contributed by atoms with E-state index >= 15 is 0 Å². The molecule has 0 fully saturated rings. The maximum absolute atomic E-state index is 8.73. The number of nitriles is 1. The molecule has 0 aliphatic rings. The van der Waals surface area contributed by atoms with Crippen molar-refractivity contribution in [1.29, 1.82) is 5.26 Å². The van der Waals surface area contributed by atoms with Crippen LogP contribution in [-0.2, 0) is 6.61 Å². The summed E-state index contributed by atoms with van der Waals surface area (Å²) in [6.07, 6.45) is 0. The van der Waals surface area contributed by atoms with Crippen molar-refractivity contribution in [2.24, 2.45) is 0 Å². The van der Waals surface area contributed by atoms with E-state index in [-0.39, 0.29) is 0 Å². The molecule has 0 radical (unpaired) electrons. The predicted molar refractivity (Wildman–Crippen MR) is 66.3 cm³/mol. The van der Waals surface area contributed by atoms with Crippen molar-refractivity contribution in [2.45, 2.75) is 6.61 Å². The van der Waals surface area contributed by atoms with Crippen molar-refractivity contribution in [3.8, 4) is 17.7 Å². The summed E-state index contributed by atoms with van der Waals surface area (Å²) in [5, 5.41) is 8.73. The Bertz CT molecular complexity index is 576. The summed E-state index contributed by atoms with van der Waals surface area (Å²) in [5.74, 6) is 1.23. The van der Waals surface area contributed by atoms with Gasteiger partial charge in [-0.1, -0.05) is 18.2 Å². The molecule has 0 saturated heterocycles. The van der Waals surface area contributed by atoms with Crippen molar-refractivity contribution in [3.63, 3.8) is 0 Å². The molecule has 0 unspecified atom stereocenters. The second kappa shape index (κ2) is 5.69. The smallest absolute Gasteiger partial charge is 0.214 e. The molecule has 2 rings (SSSR count). The number of aromatic nitrogens is 1. The number of rotatable bonds is 4. The van der Waals surface area contributed by atoms with Crippen LogP contribution in [0.2, 0.25) is 0 Å². The molecular formula is C14H12N2O2. The van der Waals surface area contributed by atoms with E-state index in [2.05, 4.69) is 4.98 Å². The molecule has 0 aliphatic carbocycles. The van der Waals surface area contributed by atoms with Crippen LogP contribution in [0.4, 0.5) is 0 Å². The van der Waals surface area contributed by atoms with Crippen molar-refractivity contribution in [3.05, 3.63) is 53.7 Å². The molecular weight excluding hydrogens is 228 g/mol. The number of pyridine rings is 1. The van der Waals surface area contributed by atoms with E-state index in [1.807, 2.05) is 30.3 Å². The molecule has 4 nitrogen and oxygen atoms in total. The third-order valence-electron chi connectivity index (χ3n) is 2.36. The first-order chi connectivity index (χ1) is 8.81. The van der Waals surface area contributed by atoms with E-state index in [4.69, 9.17) is 14.7 Å². The average Bonchev–Trinajstić information content (AvgIpc) is 2.45. The van der Waals surface area contributed by atoms with Crippen LogP contribution in [0.1, 0.15) is 11.3 Å². The summed E-state index contributed by atoms with van der Waals surface area (Å²) in [6, 6.07) is 14.7. The molecule has 1 heterocycles. The van der Waals surface area contributed by atoms with Crippen molar-refractivity contribution in [2.75, 3.05) is 7.11 Å². The molecule has 0 saturated carbocycles. The molecule has 90 valence electrons. The van der Waals surface area contributed by atoms with Gasteiger partial charge < -0.3 is 9.47 Å². The summed E-state index contributed by atoms with van der Waals surface area (Å²) in [4.78, 5) is 4.03. The number of benzene rings is 1. The van der Waals surface area contributed by atoms with Crippen LogP contribution < -0.4 is 9.47 Å². The largest absolute Gasteiger partial charge is 0.497 e. The minimum atomic E-state index is 0.346. The van der Waals surface area contributed by atoms with Gasteiger partial charge in [0.25, 0.3) is 0 Å². The first-order valence-electron chi connectivity index (χ1n) is 5.44. The molecule has 2 aromatic rings. The van der Waals surface area contributed by atoms with E-state index in [9.17, 15) is 0 Å². The number of nitrogens with zero attached hydrogens (tertiary/aromatic N) is 2. The van der Waals surface area contributed by atoms with Gasteiger partial charge in [0.15, 0.2) is 0 Å². The SMILES string of the molecule is COc1cccc(COc2cccc(C#N)n2)c1. The van der Waals surface area contributed by atoms with Crippen LogP contribution in [0, 0.1) is 11.3 Å². The predicted octanol–water partition coefficient (Wildman–Crippen LogP) is 2.54. The van der Waals surface area contributed by atoms with Gasteiger partial charge in [-0.15, -0.1) is 0 Å². The number of hydrogen-bond acceptors (Lipinski definition) is 4. The third kappa shape index (κ3) is 2.98. The van der Waals surface area contributed by atoms with Crippen LogP contribution >= 0.6 is 0 Å². The zero-order valence-electron chi connectivity index (χ0n) is 9.96. The Labute approximate surface area is 105 Å². The zero-order valence-corrected chi connectivity index (χ0v) is 9.96. The molecule has 4 heteroatoms. The third-order valence-corrected chi connectivity index (χ3v) is 2.36. The van der Waals surface area contributed by atoms with Gasteiger partial charge in [0, 0.05) is 6.07 Å². The Morgan fingerprint density at radius 2 is 2.06 bits per heavy atom. The molecule has 1 aromatic carbocycles. The lowest BCUT2D eigenvalue weighted by atomic mass is 10.2. The normalized spacial score (nSPS) is 9.56. The summed E-state index contributed by atoms with van der Waals surface area (Å²) in [7, 11) is 1.62. The quantitative estimate of drug-likeness (QED) is 0.824. The van der Waals surface area contributed by atoms with Gasteiger partial charge in [0.1, 0.15) is 24.1 Å². The summed E-state index contributed by atoms with van der Waals surface area (Å²) in [6.45, 7) is 0.388. The summed E-state index contributed by atoms with van der Waals surface area (Å²) < 4.78 is 10.6. The van der Waals surface area contributed by atoms with Crippen molar-refractivity contribution in [1.82, 2.24) is 4.98 Å². The lowest BCUT2D eigenvalue weighted by Gasteiger charge is -2.06. The average molecular weight is 240 g/mol. The molecule has 0 spiro atoms. The Balaban J connectivity index is 2.04. The highest BCUT2D eigenvalue weighted by molar-refractivity contribution is 5.29. The Morgan fingerprint density at radius 3 is 2.83 bits per heavy atom. The maximum Gasteiger partial charge on any atom is 0.214 e. The highest BCUT2D eigenvalue weighted by Crippen LogP contribution is 2.15. The number of ether oxygens (including phenoxy) is 2. The van der Waals surface area contributed by atoms with Crippen LogP contribution in [0.5, 0.6) is 11.6 Å². The highest BCUT2D eigenvalue weighted by atomic mass is 16.5. The molecule has 0 bridgehead atoms. The monoisotopic (exact) mass is 240 g/mol. The van der Waals surface area contributed by atoms with Crippen LogP contribution in [-0.4, -0.2) is 12.1 Å². The second-order valence-corrected chi connectivity index (χ2v) is 3.61. The number of hydrogen-bond donors (Lipinski definition) is 0. The first kappa shape index (κ1) is 11.9. The van der Waals surface area contributed by atoms with Gasteiger partial charge in [-0.2, -0.15) is 5.26 Å². The zero-order chi connectivity index (χ0) is 12.8. The van der Waals surface area contributed by atoms with Crippen LogP contribution in [0.3, 0.4) is 0 Å². The van der Waals surface area contributed by atoms with Crippen LogP contribution in [0.25, 0.3) is 0 Å².